The van der Waals surface area contributed by atoms with Gasteiger partial charge in [-0.1, -0.05) is 0 Å². The minimum atomic E-state index is 0.512. The van der Waals surface area contributed by atoms with Crippen LogP contribution in [0, 0.1) is 5.92 Å². The van der Waals surface area contributed by atoms with Gasteiger partial charge in [0.1, 0.15) is 5.75 Å². The Morgan fingerprint density at radius 3 is 2.73 bits per heavy atom. The van der Waals surface area contributed by atoms with Crippen molar-refractivity contribution in [2.45, 2.75) is 37.6 Å². The fourth-order valence-corrected chi connectivity index (χ4v) is 3.22. The van der Waals surface area contributed by atoms with E-state index in [-0.39, 0.29) is 0 Å². The van der Waals surface area contributed by atoms with Crippen molar-refractivity contribution >= 4 is 0 Å². The van der Waals surface area contributed by atoms with Crippen molar-refractivity contribution < 1.29 is 4.74 Å². The molecule has 0 amide bonds. The zero-order chi connectivity index (χ0) is 15.1. The van der Waals surface area contributed by atoms with Gasteiger partial charge in [0.05, 0.1) is 30.7 Å². The van der Waals surface area contributed by atoms with Crippen molar-refractivity contribution in [3.63, 3.8) is 0 Å². The molecule has 0 unspecified atom stereocenters. The highest BCUT2D eigenvalue weighted by atomic mass is 16.5. The molecule has 2 saturated carbocycles. The summed E-state index contributed by atoms with van der Waals surface area (Å²) in [6, 6.07) is 4.50. The Kier molecular flexibility index (Phi) is 3.37. The third-order valence-electron chi connectivity index (χ3n) is 4.89. The summed E-state index contributed by atoms with van der Waals surface area (Å²) in [4.78, 5) is 4.54. The minimum Gasteiger partial charge on any atom is -0.495 e. The van der Waals surface area contributed by atoms with Crippen LogP contribution in [0.5, 0.6) is 5.75 Å². The van der Waals surface area contributed by atoms with Gasteiger partial charge in [0.15, 0.2) is 0 Å². The maximum Gasteiger partial charge on any atom is 0.137 e. The average Bonchev–Trinajstić information content (AvgIpc) is 3.27. The van der Waals surface area contributed by atoms with Crippen LogP contribution in [0.25, 0.3) is 11.3 Å². The van der Waals surface area contributed by atoms with E-state index in [0.29, 0.717) is 17.9 Å². The molecular formula is C17H22N4O. The van der Waals surface area contributed by atoms with Crippen LogP contribution in [0.4, 0.5) is 0 Å². The van der Waals surface area contributed by atoms with E-state index in [1.165, 1.54) is 24.1 Å². The fraction of sp³-hybridized carbons (Fsp3) is 0.529. The van der Waals surface area contributed by atoms with Crippen LogP contribution in [0.1, 0.15) is 43.3 Å². The molecule has 5 nitrogen and oxygen atoms in total. The molecule has 2 aliphatic carbocycles. The van der Waals surface area contributed by atoms with Crippen molar-refractivity contribution in [3.05, 3.63) is 30.2 Å². The quantitative estimate of drug-likeness (QED) is 0.921. The number of nitrogens with zero attached hydrogens (tertiary/aromatic N) is 3. The number of pyridine rings is 1. The summed E-state index contributed by atoms with van der Waals surface area (Å²) in [7, 11) is 1.66. The zero-order valence-electron chi connectivity index (χ0n) is 12.9. The second-order valence-corrected chi connectivity index (χ2v) is 6.49. The van der Waals surface area contributed by atoms with Gasteiger partial charge in [0.25, 0.3) is 0 Å². The van der Waals surface area contributed by atoms with E-state index in [4.69, 9.17) is 15.6 Å². The van der Waals surface area contributed by atoms with Gasteiger partial charge in [0.2, 0.25) is 0 Å². The monoisotopic (exact) mass is 298 g/mol. The Balaban J connectivity index is 1.64. The normalized spacial score (nSPS) is 24.1. The van der Waals surface area contributed by atoms with Gasteiger partial charge < -0.3 is 10.5 Å². The highest BCUT2D eigenvalue weighted by Crippen LogP contribution is 2.45. The zero-order valence-corrected chi connectivity index (χ0v) is 12.9. The van der Waals surface area contributed by atoms with Crippen LogP contribution in [-0.2, 0) is 0 Å². The third-order valence-corrected chi connectivity index (χ3v) is 4.89. The molecule has 2 heterocycles. The Hall–Kier alpha value is -1.88. The van der Waals surface area contributed by atoms with Gasteiger partial charge in [-0.2, -0.15) is 5.10 Å². The summed E-state index contributed by atoms with van der Waals surface area (Å²) < 4.78 is 7.35. The molecule has 4 rings (SSSR count). The van der Waals surface area contributed by atoms with E-state index in [1.807, 2.05) is 12.1 Å². The van der Waals surface area contributed by atoms with Gasteiger partial charge in [-0.25, -0.2) is 0 Å². The predicted octanol–water partition coefficient (Wildman–Crippen LogP) is 2.74. The van der Waals surface area contributed by atoms with E-state index in [1.54, 1.807) is 13.3 Å². The molecule has 0 atom stereocenters. The summed E-state index contributed by atoms with van der Waals surface area (Å²) in [6.07, 6.45) is 8.75. The fourth-order valence-electron chi connectivity index (χ4n) is 3.22. The Morgan fingerprint density at radius 1 is 1.32 bits per heavy atom. The standard InChI is InChI=1S/C17H22N4O/c1-22-14-4-5-16(19-9-14)15-10-21(13-6-11(7-13)8-18)20-17(15)12-2-3-12/h4-5,9-13H,2-3,6-8,18H2,1H3. The molecule has 2 aliphatic rings. The number of ether oxygens (including phenoxy) is 1. The van der Waals surface area contributed by atoms with Crippen LogP contribution < -0.4 is 10.5 Å². The first-order valence-corrected chi connectivity index (χ1v) is 8.08. The van der Waals surface area contributed by atoms with Gasteiger partial charge in [0, 0.05) is 17.7 Å². The second kappa shape index (κ2) is 5.39. The first-order chi connectivity index (χ1) is 10.8. The molecule has 5 heteroatoms. The third kappa shape index (κ3) is 2.39. The Labute approximate surface area is 130 Å². The van der Waals surface area contributed by atoms with Gasteiger partial charge in [-0.15, -0.1) is 0 Å². The number of rotatable bonds is 5. The lowest BCUT2D eigenvalue weighted by atomic mass is 9.80. The maximum absolute atomic E-state index is 5.73. The summed E-state index contributed by atoms with van der Waals surface area (Å²) in [5.41, 5.74) is 9.12. The van der Waals surface area contributed by atoms with E-state index < -0.39 is 0 Å². The molecule has 0 radical (unpaired) electrons. The minimum absolute atomic E-state index is 0.512. The number of hydrogen-bond acceptors (Lipinski definition) is 4. The molecule has 2 aromatic heterocycles. The molecule has 2 N–H and O–H groups in total. The molecule has 2 fully saturated rings. The molecule has 116 valence electrons. The van der Waals surface area contributed by atoms with E-state index in [9.17, 15) is 0 Å². The molecule has 0 bridgehead atoms. The predicted molar refractivity (Wildman–Crippen MR) is 84.8 cm³/mol. The maximum atomic E-state index is 5.73. The van der Waals surface area contributed by atoms with E-state index >= 15 is 0 Å². The van der Waals surface area contributed by atoms with Crippen molar-refractivity contribution in [2.24, 2.45) is 11.7 Å². The Morgan fingerprint density at radius 2 is 2.14 bits per heavy atom. The summed E-state index contributed by atoms with van der Waals surface area (Å²) in [5.74, 6) is 2.07. The molecule has 0 saturated heterocycles. The van der Waals surface area contributed by atoms with Gasteiger partial charge in [-0.3, -0.25) is 9.67 Å². The summed E-state index contributed by atoms with van der Waals surface area (Å²) >= 11 is 0. The lowest BCUT2D eigenvalue weighted by molar-refractivity contribution is 0.189. The van der Waals surface area contributed by atoms with Gasteiger partial charge >= 0.3 is 0 Å². The first-order valence-electron chi connectivity index (χ1n) is 8.08. The smallest absolute Gasteiger partial charge is 0.137 e. The van der Waals surface area contributed by atoms with E-state index in [2.05, 4.69) is 15.9 Å². The molecule has 2 aromatic rings. The van der Waals surface area contributed by atoms with Crippen LogP contribution in [-0.4, -0.2) is 28.4 Å². The van der Waals surface area contributed by atoms with Crippen LogP contribution in [0.2, 0.25) is 0 Å². The first kappa shape index (κ1) is 13.8. The molecular weight excluding hydrogens is 276 g/mol. The van der Waals surface area contributed by atoms with Crippen LogP contribution in [0.15, 0.2) is 24.5 Å². The topological polar surface area (TPSA) is 66.0 Å². The van der Waals surface area contributed by atoms with Crippen molar-refractivity contribution in [1.29, 1.82) is 0 Å². The summed E-state index contributed by atoms with van der Waals surface area (Å²) in [6.45, 7) is 0.792. The molecule has 0 spiro atoms. The Bertz CT molecular complexity index is 654. The highest BCUT2D eigenvalue weighted by molar-refractivity contribution is 5.63. The number of aromatic nitrogens is 3. The molecule has 0 aromatic carbocycles. The largest absolute Gasteiger partial charge is 0.495 e. The van der Waals surface area contributed by atoms with Crippen molar-refractivity contribution in [3.8, 4) is 17.0 Å². The average molecular weight is 298 g/mol. The van der Waals surface area contributed by atoms with Crippen molar-refractivity contribution in [1.82, 2.24) is 14.8 Å². The molecule has 22 heavy (non-hydrogen) atoms. The molecule has 0 aliphatic heterocycles. The van der Waals surface area contributed by atoms with Crippen LogP contribution in [0.3, 0.4) is 0 Å². The van der Waals surface area contributed by atoms with Gasteiger partial charge in [-0.05, 0) is 50.3 Å². The number of hydrogen-bond donors (Lipinski definition) is 1. The van der Waals surface area contributed by atoms with E-state index in [0.717, 1.165) is 30.8 Å². The lowest BCUT2D eigenvalue weighted by Gasteiger charge is -2.34. The highest BCUT2D eigenvalue weighted by Gasteiger charge is 2.34. The lowest BCUT2D eigenvalue weighted by Crippen LogP contribution is -2.32. The summed E-state index contributed by atoms with van der Waals surface area (Å²) in [5, 5.41) is 4.89. The second-order valence-electron chi connectivity index (χ2n) is 6.49. The van der Waals surface area contributed by atoms with Crippen LogP contribution >= 0.6 is 0 Å². The van der Waals surface area contributed by atoms with Crippen molar-refractivity contribution in [2.75, 3.05) is 13.7 Å². The number of nitrogens with two attached hydrogens (primary N) is 1. The SMILES string of the molecule is COc1ccc(-c2cn(C3CC(CN)C3)nc2C2CC2)nc1. The number of methoxy groups -OCH3 is 1.